The van der Waals surface area contributed by atoms with Crippen LogP contribution < -0.4 is 15.4 Å². The topological polar surface area (TPSA) is 83.5 Å². The molecule has 168 valence electrons. The Morgan fingerprint density at radius 2 is 1.93 bits per heavy atom. The molecule has 1 atom stereocenters. The van der Waals surface area contributed by atoms with Crippen molar-refractivity contribution in [1.29, 1.82) is 0 Å². The van der Waals surface area contributed by atoms with E-state index in [9.17, 15) is 9.90 Å². The number of thiazole rings is 1. The van der Waals surface area contributed by atoms with Crippen LogP contribution in [0.5, 0.6) is 5.19 Å². The average molecular weight is 436 g/mol. The Morgan fingerprint density at radius 1 is 1.23 bits per heavy atom. The van der Waals surface area contributed by atoms with Crippen LogP contribution in [0.2, 0.25) is 0 Å². The highest BCUT2D eigenvalue weighted by Crippen LogP contribution is 2.57. The Hall–Kier alpha value is -1.18. The molecule has 3 N–H and O–H groups in total. The number of carbonyl (C=O) groups is 1. The summed E-state index contributed by atoms with van der Waals surface area (Å²) in [4.78, 5) is 17.1. The molecule has 1 aromatic heterocycles. The molecule has 0 saturated heterocycles. The minimum Gasteiger partial charge on any atom is -0.467 e. The Bertz CT molecular complexity index is 680. The summed E-state index contributed by atoms with van der Waals surface area (Å²) in [7, 11) is 0. The lowest BCUT2D eigenvalue weighted by Crippen LogP contribution is -2.45. The minimum atomic E-state index is -0.598. The van der Waals surface area contributed by atoms with Gasteiger partial charge >= 0.3 is 0 Å². The first-order valence-electron chi connectivity index (χ1n) is 11.8. The molecule has 4 aliphatic carbocycles. The van der Waals surface area contributed by atoms with E-state index < -0.39 is 6.10 Å². The van der Waals surface area contributed by atoms with Crippen molar-refractivity contribution in [3.63, 3.8) is 0 Å². The van der Waals surface area contributed by atoms with Crippen molar-refractivity contribution in [3.05, 3.63) is 11.1 Å². The predicted octanol–water partition coefficient (Wildman–Crippen LogP) is 3.46. The number of nitrogens with one attached hydrogen (secondary N) is 2. The van der Waals surface area contributed by atoms with E-state index in [1.807, 2.05) is 13.8 Å². The Kier molecular flexibility index (Phi) is 7.32. The third-order valence-corrected chi connectivity index (χ3v) is 8.20. The second kappa shape index (κ2) is 9.96. The van der Waals surface area contributed by atoms with E-state index in [1.54, 1.807) is 6.20 Å². The van der Waals surface area contributed by atoms with Crippen LogP contribution in [0.25, 0.3) is 0 Å². The molecular weight excluding hydrogens is 398 g/mol. The molecule has 1 aromatic rings. The monoisotopic (exact) mass is 435 g/mol. The number of hydrogen-bond donors (Lipinski definition) is 3. The highest BCUT2D eigenvalue weighted by molar-refractivity contribution is 7.15. The molecular formula is C23H37N3O3S. The number of carbonyl (C=O) groups excluding carboxylic acids is 1. The molecule has 7 heteroatoms. The van der Waals surface area contributed by atoms with Gasteiger partial charge in [0.05, 0.1) is 6.20 Å². The summed E-state index contributed by atoms with van der Waals surface area (Å²) in [5, 5.41) is 16.6. The SMILES string of the molecule is CC(C)NCC(O)COc1ncc(C(=O)NCCCC2C3CC4CC(C3)CC2C4)s1. The molecule has 1 heterocycles. The number of rotatable bonds is 11. The summed E-state index contributed by atoms with van der Waals surface area (Å²) < 4.78 is 5.53. The molecule has 1 unspecified atom stereocenters. The maximum absolute atomic E-state index is 12.4. The zero-order valence-electron chi connectivity index (χ0n) is 18.3. The standard InChI is InChI=1S/C23H37N3O3S/c1-14(2)25-11-19(27)13-29-23-26-12-21(30-23)22(28)24-5-3-4-20-17-7-15-6-16(9-17)10-18(20)8-15/h12,14-20,25,27H,3-11,13H2,1-2H3,(H,24,28). The molecule has 4 bridgehead atoms. The van der Waals surface area contributed by atoms with E-state index in [4.69, 9.17) is 4.74 Å². The Balaban J connectivity index is 1.14. The van der Waals surface area contributed by atoms with Gasteiger partial charge in [-0.2, -0.15) is 0 Å². The van der Waals surface area contributed by atoms with Crippen molar-refractivity contribution in [3.8, 4) is 5.19 Å². The normalized spacial score (nSPS) is 30.6. The van der Waals surface area contributed by atoms with Gasteiger partial charge in [0.1, 0.15) is 17.6 Å². The number of aromatic nitrogens is 1. The number of nitrogens with zero attached hydrogens (tertiary/aromatic N) is 1. The molecule has 5 rings (SSSR count). The van der Waals surface area contributed by atoms with Crippen molar-refractivity contribution in [2.24, 2.45) is 29.6 Å². The van der Waals surface area contributed by atoms with Crippen molar-refractivity contribution in [2.45, 2.75) is 70.9 Å². The Labute approximate surface area is 184 Å². The third-order valence-electron chi connectivity index (χ3n) is 7.29. The highest BCUT2D eigenvalue weighted by atomic mass is 32.1. The molecule has 6 nitrogen and oxygen atoms in total. The zero-order chi connectivity index (χ0) is 21.1. The fourth-order valence-corrected chi connectivity index (χ4v) is 6.85. The first kappa shape index (κ1) is 22.0. The van der Waals surface area contributed by atoms with E-state index in [1.165, 1.54) is 49.9 Å². The van der Waals surface area contributed by atoms with E-state index in [0.717, 1.165) is 42.6 Å². The fraction of sp³-hybridized carbons (Fsp3) is 0.826. The van der Waals surface area contributed by atoms with Gasteiger partial charge in [-0.1, -0.05) is 25.2 Å². The third kappa shape index (κ3) is 5.54. The van der Waals surface area contributed by atoms with Gasteiger partial charge in [0.15, 0.2) is 0 Å². The van der Waals surface area contributed by atoms with Crippen LogP contribution in [0.4, 0.5) is 0 Å². The van der Waals surface area contributed by atoms with Crippen molar-refractivity contribution >= 4 is 17.2 Å². The number of amides is 1. The second-order valence-electron chi connectivity index (χ2n) is 10.0. The van der Waals surface area contributed by atoms with Crippen LogP contribution in [0, 0.1) is 29.6 Å². The first-order chi connectivity index (χ1) is 14.5. The zero-order valence-corrected chi connectivity index (χ0v) is 19.1. The lowest BCUT2D eigenvalue weighted by Gasteiger charge is -2.54. The smallest absolute Gasteiger partial charge is 0.273 e. The van der Waals surface area contributed by atoms with Crippen LogP contribution >= 0.6 is 11.3 Å². The number of ether oxygens (including phenoxy) is 1. The fourth-order valence-electron chi connectivity index (χ4n) is 6.16. The molecule has 4 fully saturated rings. The summed E-state index contributed by atoms with van der Waals surface area (Å²) in [5.41, 5.74) is 0. The average Bonchev–Trinajstić information content (AvgIpc) is 3.18. The maximum atomic E-state index is 12.4. The summed E-state index contributed by atoms with van der Waals surface area (Å²) in [5.74, 6) is 4.80. The van der Waals surface area contributed by atoms with Crippen molar-refractivity contribution < 1.29 is 14.6 Å². The quantitative estimate of drug-likeness (QED) is 0.464. The van der Waals surface area contributed by atoms with Gasteiger partial charge in [-0.15, -0.1) is 0 Å². The molecule has 4 aliphatic rings. The van der Waals surface area contributed by atoms with E-state index in [-0.39, 0.29) is 12.5 Å². The van der Waals surface area contributed by atoms with Crippen molar-refractivity contribution in [1.82, 2.24) is 15.6 Å². The van der Waals surface area contributed by atoms with Crippen LogP contribution in [0.15, 0.2) is 6.20 Å². The van der Waals surface area contributed by atoms with E-state index in [2.05, 4.69) is 15.6 Å². The molecule has 0 spiro atoms. The van der Waals surface area contributed by atoms with Gasteiger partial charge in [0.25, 0.3) is 11.1 Å². The lowest BCUT2D eigenvalue weighted by molar-refractivity contribution is -0.0401. The maximum Gasteiger partial charge on any atom is 0.273 e. The van der Waals surface area contributed by atoms with Gasteiger partial charge in [-0.25, -0.2) is 4.98 Å². The molecule has 4 saturated carbocycles. The summed E-state index contributed by atoms with van der Waals surface area (Å²) in [6.07, 6.45) is 10.7. The summed E-state index contributed by atoms with van der Waals surface area (Å²) >= 11 is 1.24. The molecule has 0 aromatic carbocycles. The first-order valence-corrected chi connectivity index (χ1v) is 12.6. The largest absolute Gasteiger partial charge is 0.467 e. The molecule has 0 aliphatic heterocycles. The van der Waals surface area contributed by atoms with E-state index >= 15 is 0 Å². The minimum absolute atomic E-state index is 0.0746. The summed E-state index contributed by atoms with van der Waals surface area (Å²) in [6.45, 7) is 5.43. The van der Waals surface area contributed by atoms with E-state index in [0.29, 0.717) is 22.7 Å². The predicted molar refractivity (Wildman–Crippen MR) is 119 cm³/mol. The molecule has 0 radical (unpaired) electrons. The number of hydrogen-bond acceptors (Lipinski definition) is 6. The van der Waals surface area contributed by atoms with Gasteiger partial charge in [0, 0.05) is 19.1 Å². The Morgan fingerprint density at radius 3 is 2.60 bits per heavy atom. The molecule has 1 amide bonds. The number of aliphatic hydroxyl groups is 1. The summed E-state index contributed by atoms with van der Waals surface area (Å²) in [6, 6.07) is 0.318. The van der Waals surface area contributed by atoms with Crippen LogP contribution in [0.3, 0.4) is 0 Å². The molecule has 30 heavy (non-hydrogen) atoms. The van der Waals surface area contributed by atoms with Gasteiger partial charge in [-0.05, 0) is 74.5 Å². The van der Waals surface area contributed by atoms with Gasteiger partial charge in [0.2, 0.25) is 0 Å². The van der Waals surface area contributed by atoms with Crippen LogP contribution in [-0.2, 0) is 0 Å². The second-order valence-corrected chi connectivity index (χ2v) is 11.0. The van der Waals surface area contributed by atoms with Crippen LogP contribution in [0.1, 0.15) is 68.5 Å². The van der Waals surface area contributed by atoms with Gasteiger partial charge < -0.3 is 20.5 Å². The van der Waals surface area contributed by atoms with Crippen molar-refractivity contribution in [2.75, 3.05) is 19.7 Å². The van der Waals surface area contributed by atoms with Gasteiger partial charge in [-0.3, -0.25) is 4.79 Å². The number of aliphatic hydroxyl groups excluding tert-OH is 1. The van der Waals surface area contributed by atoms with Crippen LogP contribution in [-0.4, -0.2) is 47.8 Å². The lowest BCUT2D eigenvalue weighted by atomic mass is 9.51. The highest BCUT2D eigenvalue weighted by Gasteiger charge is 2.47.